The molecule has 0 saturated heterocycles. The van der Waals surface area contributed by atoms with E-state index in [1.165, 1.54) is 72.8 Å². The van der Waals surface area contributed by atoms with Gasteiger partial charge in [0.05, 0.1) is 45.0 Å². The van der Waals surface area contributed by atoms with Gasteiger partial charge in [-0.15, -0.1) is 0 Å². The molecular weight excluding hydrogens is 736 g/mol. The highest BCUT2D eigenvalue weighted by Crippen LogP contribution is 2.41. The molecule has 12 heteroatoms. The zero-order valence-electron chi connectivity index (χ0n) is 28.5. The topological polar surface area (TPSA) is 57.4 Å². The molecule has 5 heterocycles. The van der Waals surface area contributed by atoms with E-state index in [9.17, 15) is 0 Å². The third-order valence-corrected chi connectivity index (χ3v) is 9.60. The average molecular weight is 759 g/mol. The van der Waals surface area contributed by atoms with Crippen molar-refractivity contribution in [3.05, 3.63) is 166 Å². The van der Waals surface area contributed by atoms with Gasteiger partial charge < -0.3 is 9.97 Å². The summed E-state index contributed by atoms with van der Waals surface area (Å²) in [6.07, 6.45) is 5.55. The van der Waals surface area contributed by atoms with Gasteiger partial charge in [-0.1, -0.05) is 24.3 Å². The molecule has 9 rings (SSSR count). The summed E-state index contributed by atoms with van der Waals surface area (Å²) in [6, 6.07) is 18.8. The van der Waals surface area contributed by atoms with E-state index >= 15 is 35.1 Å². The van der Waals surface area contributed by atoms with Crippen LogP contribution in [0.5, 0.6) is 0 Å². The van der Waals surface area contributed by atoms with Crippen molar-refractivity contribution in [1.29, 1.82) is 0 Å². The summed E-state index contributed by atoms with van der Waals surface area (Å²) in [5.41, 5.74) is -2.52. The Kier molecular flexibility index (Phi) is 8.26. The molecule has 2 N–H and O–H groups in total. The third kappa shape index (κ3) is 5.60. The Morgan fingerprint density at radius 2 is 0.500 bits per heavy atom. The number of hydrogen-bond donors (Lipinski definition) is 2. The number of fused-ring (bicyclic) bond motifs is 8. The lowest BCUT2D eigenvalue weighted by Crippen LogP contribution is -1.97. The predicted octanol–water partition coefficient (Wildman–Crippen LogP) is 12.4. The number of halogens is 8. The first-order valence-electron chi connectivity index (χ1n) is 17.0. The molecule has 2 aliphatic heterocycles. The van der Waals surface area contributed by atoms with Gasteiger partial charge in [0, 0.05) is 44.3 Å². The summed E-state index contributed by atoms with van der Waals surface area (Å²) < 4.78 is 126. The number of H-pyrrole nitrogens is 2. The SMILES string of the molecule is Fc1cccc(F)c1-c1c2nc(c(-c3c(F)cccc3F)c3ccc([nH]3)c(-c3c(F)cccc3F)c3ccc([nH]3)c(-c3c(F)cccc3F)c3nc1C=C3)C=C2. The van der Waals surface area contributed by atoms with E-state index in [1.54, 1.807) is 0 Å². The third-order valence-electron chi connectivity index (χ3n) is 9.60. The number of hydrogen-bond acceptors (Lipinski definition) is 2. The number of benzene rings is 4. The molecule has 0 amide bonds. The fourth-order valence-corrected chi connectivity index (χ4v) is 7.20. The maximum absolute atomic E-state index is 15.7. The van der Waals surface area contributed by atoms with Gasteiger partial charge in [0.2, 0.25) is 0 Å². The first-order valence-corrected chi connectivity index (χ1v) is 17.0. The molecule has 0 atom stereocenters. The van der Waals surface area contributed by atoms with Gasteiger partial charge in [-0.05, 0) is 97.1 Å². The molecule has 274 valence electrons. The van der Waals surface area contributed by atoms with Crippen molar-refractivity contribution < 1.29 is 35.1 Å². The van der Waals surface area contributed by atoms with Crippen molar-refractivity contribution in [2.45, 2.75) is 0 Å². The Bertz CT molecular complexity index is 2800. The van der Waals surface area contributed by atoms with Crippen LogP contribution in [0.25, 0.3) is 90.9 Å². The van der Waals surface area contributed by atoms with Crippen LogP contribution in [0.2, 0.25) is 0 Å². The molecule has 8 bridgehead atoms. The fourth-order valence-electron chi connectivity index (χ4n) is 7.20. The van der Waals surface area contributed by atoms with Crippen LogP contribution in [0, 0.1) is 46.5 Å². The molecule has 0 fully saturated rings. The van der Waals surface area contributed by atoms with E-state index < -0.39 is 68.8 Å². The molecule has 0 aliphatic carbocycles. The zero-order chi connectivity index (χ0) is 38.8. The number of aromatic amines is 2. The summed E-state index contributed by atoms with van der Waals surface area (Å²) in [5, 5.41) is 0. The van der Waals surface area contributed by atoms with Gasteiger partial charge in [0.1, 0.15) is 46.5 Å². The van der Waals surface area contributed by atoms with E-state index in [-0.39, 0.29) is 67.1 Å². The monoisotopic (exact) mass is 758 g/mol. The van der Waals surface area contributed by atoms with Crippen LogP contribution in [0.3, 0.4) is 0 Å². The Labute approximate surface area is 311 Å². The molecule has 0 radical (unpaired) electrons. The van der Waals surface area contributed by atoms with Crippen molar-refractivity contribution in [3.8, 4) is 44.5 Å². The Hall–Kier alpha value is -7.08. The molecule has 0 spiro atoms. The van der Waals surface area contributed by atoms with Crippen molar-refractivity contribution in [3.63, 3.8) is 0 Å². The first kappa shape index (κ1) is 34.7. The van der Waals surface area contributed by atoms with Crippen LogP contribution < -0.4 is 0 Å². The van der Waals surface area contributed by atoms with Gasteiger partial charge in [0.25, 0.3) is 0 Å². The molecular formula is C44H22F8N4. The van der Waals surface area contributed by atoms with E-state index in [0.29, 0.717) is 0 Å². The zero-order valence-corrected chi connectivity index (χ0v) is 28.5. The Balaban J connectivity index is 1.55. The highest BCUT2D eigenvalue weighted by atomic mass is 19.2. The van der Waals surface area contributed by atoms with Crippen molar-refractivity contribution in [2.75, 3.05) is 0 Å². The second-order valence-electron chi connectivity index (χ2n) is 12.9. The number of aromatic nitrogens is 4. The molecule has 56 heavy (non-hydrogen) atoms. The van der Waals surface area contributed by atoms with Gasteiger partial charge in [-0.3, -0.25) is 0 Å². The average Bonchev–Trinajstić information content (AvgIpc) is 4.00. The normalized spacial score (nSPS) is 12.1. The molecule has 4 nitrogen and oxygen atoms in total. The van der Waals surface area contributed by atoms with E-state index in [2.05, 4.69) is 19.9 Å². The molecule has 7 aromatic rings. The van der Waals surface area contributed by atoms with Crippen LogP contribution in [0.15, 0.2) is 97.1 Å². The van der Waals surface area contributed by atoms with Crippen molar-refractivity contribution in [1.82, 2.24) is 19.9 Å². The molecule has 2 aliphatic rings. The molecule has 3 aromatic heterocycles. The van der Waals surface area contributed by atoms with Gasteiger partial charge in [-0.2, -0.15) is 0 Å². The maximum atomic E-state index is 15.7. The molecule has 0 saturated carbocycles. The number of rotatable bonds is 4. The van der Waals surface area contributed by atoms with E-state index in [4.69, 9.17) is 0 Å². The second kappa shape index (κ2) is 13.3. The second-order valence-corrected chi connectivity index (χ2v) is 12.9. The van der Waals surface area contributed by atoms with Crippen LogP contribution in [-0.2, 0) is 0 Å². The standard InChI is InChI=1S/C44H22F8N4/c45-21-5-1-6-22(46)37(21)41-29-13-15-31(53-29)42(38-23(47)7-2-8-24(38)48)33-17-19-35(55-33)44(40-27(51)11-4-12-28(40)52)36-20-18-34(56-36)43(32-16-14-30(41)54-32)39-25(49)9-3-10-26(39)50/h1-20,53-54H. The summed E-state index contributed by atoms with van der Waals surface area (Å²) in [5.74, 6) is -7.75. The van der Waals surface area contributed by atoms with E-state index in [1.807, 2.05) is 0 Å². The molecule has 0 unspecified atom stereocenters. The van der Waals surface area contributed by atoms with Gasteiger partial charge >= 0.3 is 0 Å². The van der Waals surface area contributed by atoms with Crippen LogP contribution in [-0.4, -0.2) is 19.9 Å². The quantitative estimate of drug-likeness (QED) is 0.176. The summed E-state index contributed by atoms with van der Waals surface area (Å²) in [4.78, 5) is 15.4. The van der Waals surface area contributed by atoms with E-state index in [0.717, 1.165) is 48.5 Å². The largest absolute Gasteiger partial charge is 0.354 e. The van der Waals surface area contributed by atoms with Crippen molar-refractivity contribution in [2.24, 2.45) is 0 Å². The summed E-state index contributed by atoms with van der Waals surface area (Å²) in [6.45, 7) is 0. The Morgan fingerprint density at radius 1 is 0.268 bits per heavy atom. The fraction of sp³-hybridized carbons (Fsp3) is 0. The van der Waals surface area contributed by atoms with Gasteiger partial charge in [0.15, 0.2) is 0 Å². The van der Waals surface area contributed by atoms with Crippen LogP contribution in [0.1, 0.15) is 22.8 Å². The lowest BCUT2D eigenvalue weighted by atomic mass is 10.0. The predicted molar refractivity (Wildman–Crippen MR) is 200 cm³/mol. The molecule has 4 aromatic carbocycles. The number of nitrogens with zero attached hydrogens (tertiary/aromatic N) is 2. The minimum Gasteiger partial charge on any atom is -0.354 e. The van der Waals surface area contributed by atoms with Crippen LogP contribution >= 0.6 is 0 Å². The van der Waals surface area contributed by atoms with Gasteiger partial charge in [-0.25, -0.2) is 45.1 Å². The lowest BCUT2D eigenvalue weighted by Gasteiger charge is -2.09. The van der Waals surface area contributed by atoms with Crippen molar-refractivity contribution >= 4 is 46.4 Å². The highest BCUT2D eigenvalue weighted by Gasteiger charge is 2.26. The summed E-state index contributed by atoms with van der Waals surface area (Å²) >= 11 is 0. The van der Waals surface area contributed by atoms with Crippen LogP contribution in [0.4, 0.5) is 35.1 Å². The lowest BCUT2D eigenvalue weighted by molar-refractivity contribution is 0.589. The minimum atomic E-state index is -0.983. The summed E-state index contributed by atoms with van der Waals surface area (Å²) in [7, 11) is 0. The maximum Gasteiger partial charge on any atom is 0.134 e. The highest BCUT2D eigenvalue weighted by molar-refractivity contribution is 6.00. The first-order chi connectivity index (χ1) is 27.1. The number of nitrogens with one attached hydrogen (secondary N) is 2. The minimum absolute atomic E-state index is 0.0491. The smallest absolute Gasteiger partial charge is 0.134 e. The Morgan fingerprint density at radius 3 is 0.804 bits per heavy atom.